The molecule has 0 bridgehead atoms. The van der Waals surface area contributed by atoms with E-state index < -0.39 is 0 Å². The van der Waals surface area contributed by atoms with Crippen LogP contribution < -0.4 is 0 Å². The van der Waals surface area contributed by atoms with Gasteiger partial charge in [-0.1, -0.05) is 37.3 Å². The Morgan fingerprint density at radius 3 is 2.27 bits per heavy atom. The molecule has 1 aromatic rings. The largest absolute Gasteiger partial charge is 2.00 e. The SMILES string of the molecule is CC([NH-])Cc1ccccc1.[W+2]. The normalized spacial score (nSPS) is 11.8. The fourth-order valence-electron chi connectivity index (χ4n) is 0.968. The van der Waals surface area contributed by atoms with Crippen molar-refractivity contribution in [3.8, 4) is 0 Å². The molecule has 1 rings (SSSR count). The van der Waals surface area contributed by atoms with Crippen molar-refractivity contribution in [1.82, 2.24) is 0 Å². The average Bonchev–Trinajstić information content (AvgIpc) is 1.88. The summed E-state index contributed by atoms with van der Waals surface area (Å²) in [6.45, 7) is 1.91. The van der Waals surface area contributed by atoms with E-state index in [9.17, 15) is 0 Å². The summed E-state index contributed by atoms with van der Waals surface area (Å²) in [5.74, 6) is 0. The summed E-state index contributed by atoms with van der Waals surface area (Å²) >= 11 is 0. The molecule has 1 atom stereocenters. The first kappa shape index (κ1) is 10.9. The zero-order valence-electron chi connectivity index (χ0n) is 6.58. The molecule has 0 radical (unpaired) electrons. The van der Waals surface area contributed by atoms with Crippen LogP contribution in [0.5, 0.6) is 0 Å². The summed E-state index contributed by atoms with van der Waals surface area (Å²) in [4.78, 5) is 0. The van der Waals surface area contributed by atoms with Crippen LogP contribution in [0.15, 0.2) is 30.3 Å². The van der Waals surface area contributed by atoms with Gasteiger partial charge in [-0.3, -0.25) is 0 Å². The Balaban J connectivity index is 0.000001000. The van der Waals surface area contributed by atoms with Crippen LogP contribution in [0.1, 0.15) is 12.5 Å². The molecule has 58 valence electrons. The van der Waals surface area contributed by atoms with Crippen molar-refractivity contribution in [3.05, 3.63) is 41.6 Å². The molecular formula is C9H12NW+. The van der Waals surface area contributed by atoms with Crippen LogP contribution in [-0.2, 0) is 27.5 Å². The van der Waals surface area contributed by atoms with E-state index in [-0.39, 0.29) is 27.1 Å². The molecule has 0 heterocycles. The Morgan fingerprint density at radius 1 is 1.27 bits per heavy atom. The summed E-state index contributed by atoms with van der Waals surface area (Å²) in [7, 11) is 0. The molecule has 11 heavy (non-hydrogen) atoms. The van der Waals surface area contributed by atoms with Crippen LogP contribution >= 0.6 is 0 Å². The maximum absolute atomic E-state index is 7.32. The third-order valence-electron chi connectivity index (χ3n) is 1.38. The molecule has 0 saturated carbocycles. The van der Waals surface area contributed by atoms with E-state index in [1.54, 1.807) is 0 Å². The molecule has 1 N–H and O–H groups in total. The fraction of sp³-hybridized carbons (Fsp3) is 0.333. The first-order valence-corrected chi connectivity index (χ1v) is 3.54. The van der Waals surface area contributed by atoms with Crippen LogP contribution in [-0.4, -0.2) is 6.04 Å². The molecule has 1 nitrogen and oxygen atoms in total. The van der Waals surface area contributed by atoms with Gasteiger partial charge in [0, 0.05) is 0 Å². The van der Waals surface area contributed by atoms with Gasteiger partial charge in [0.25, 0.3) is 0 Å². The number of nitrogens with one attached hydrogen (secondary N) is 1. The number of benzene rings is 1. The second-order valence-electron chi connectivity index (χ2n) is 2.59. The van der Waals surface area contributed by atoms with Gasteiger partial charge in [-0.15, -0.1) is 6.04 Å². The van der Waals surface area contributed by atoms with Crippen molar-refractivity contribution in [1.29, 1.82) is 0 Å². The Hall–Kier alpha value is -0.132. The van der Waals surface area contributed by atoms with Gasteiger partial charge >= 0.3 is 21.1 Å². The van der Waals surface area contributed by atoms with Crippen LogP contribution in [0.4, 0.5) is 0 Å². The van der Waals surface area contributed by atoms with E-state index in [0.29, 0.717) is 0 Å². The maximum atomic E-state index is 7.32. The number of hydrogen-bond acceptors (Lipinski definition) is 0. The topological polar surface area (TPSA) is 23.8 Å². The third-order valence-corrected chi connectivity index (χ3v) is 1.38. The Bertz CT molecular complexity index is 184. The zero-order valence-corrected chi connectivity index (χ0v) is 9.51. The molecule has 0 saturated heterocycles. The molecule has 1 unspecified atom stereocenters. The number of hydrogen-bond donors (Lipinski definition) is 0. The van der Waals surface area contributed by atoms with Crippen molar-refractivity contribution >= 4 is 0 Å². The summed E-state index contributed by atoms with van der Waals surface area (Å²) in [6.07, 6.45) is 0.862. The summed E-state index contributed by atoms with van der Waals surface area (Å²) in [5, 5.41) is 0. The molecule has 2 heteroatoms. The van der Waals surface area contributed by atoms with Crippen LogP contribution in [0.3, 0.4) is 0 Å². The van der Waals surface area contributed by atoms with Crippen molar-refractivity contribution < 1.29 is 21.1 Å². The molecule has 0 fully saturated rings. The molecule has 0 aliphatic rings. The monoisotopic (exact) mass is 318 g/mol. The minimum Gasteiger partial charge on any atom is -0.675 e. The van der Waals surface area contributed by atoms with Crippen LogP contribution in [0, 0.1) is 0 Å². The predicted molar refractivity (Wildman–Crippen MR) is 43.9 cm³/mol. The van der Waals surface area contributed by atoms with Gasteiger partial charge < -0.3 is 5.73 Å². The molecular weight excluding hydrogens is 306 g/mol. The molecule has 1 aromatic carbocycles. The first-order valence-electron chi connectivity index (χ1n) is 3.54. The summed E-state index contributed by atoms with van der Waals surface area (Å²) < 4.78 is 0. The van der Waals surface area contributed by atoms with Crippen LogP contribution in [0.25, 0.3) is 5.73 Å². The van der Waals surface area contributed by atoms with Crippen molar-refractivity contribution in [2.75, 3.05) is 0 Å². The Kier molecular flexibility index (Phi) is 5.44. The second kappa shape index (κ2) is 5.51. The minimum absolute atomic E-state index is 0. The van der Waals surface area contributed by atoms with Gasteiger partial charge in [0.15, 0.2) is 0 Å². The Morgan fingerprint density at radius 2 is 1.82 bits per heavy atom. The van der Waals surface area contributed by atoms with Crippen molar-refractivity contribution in [2.24, 2.45) is 0 Å². The molecule has 0 aliphatic heterocycles. The summed E-state index contributed by atoms with van der Waals surface area (Å²) in [6, 6.07) is 10.2. The van der Waals surface area contributed by atoms with Gasteiger partial charge in [-0.2, -0.15) is 0 Å². The molecule has 0 aromatic heterocycles. The van der Waals surface area contributed by atoms with E-state index in [0.717, 1.165) is 6.42 Å². The zero-order chi connectivity index (χ0) is 7.40. The summed E-state index contributed by atoms with van der Waals surface area (Å²) in [5.41, 5.74) is 8.57. The molecule has 0 aliphatic carbocycles. The number of rotatable bonds is 2. The second-order valence-corrected chi connectivity index (χ2v) is 2.59. The van der Waals surface area contributed by atoms with E-state index >= 15 is 0 Å². The maximum Gasteiger partial charge on any atom is 2.00 e. The van der Waals surface area contributed by atoms with Gasteiger partial charge in [-0.05, 0) is 12.0 Å². The van der Waals surface area contributed by atoms with Gasteiger partial charge in [0.2, 0.25) is 0 Å². The van der Waals surface area contributed by atoms with Gasteiger partial charge in [0.05, 0.1) is 0 Å². The molecule has 0 amide bonds. The quantitative estimate of drug-likeness (QED) is 0.801. The van der Waals surface area contributed by atoms with E-state index in [1.807, 2.05) is 25.1 Å². The average molecular weight is 318 g/mol. The Labute approximate surface area is 82.3 Å². The van der Waals surface area contributed by atoms with E-state index in [1.165, 1.54) is 5.56 Å². The minimum atomic E-state index is 0. The van der Waals surface area contributed by atoms with E-state index in [4.69, 9.17) is 5.73 Å². The smallest absolute Gasteiger partial charge is 0.675 e. The van der Waals surface area contributed by atoms with Crippen LogP contribution in [0.2, 0.25) is 0 Å². The molecule has 0 spiro atoms. The predicted octanol–water partition coefficient (Wildman–Crippen LogP) is 2.67. The first-order chi connectivity index (χ1) is 4.79. The standard InChI is InChI=1S/C9H12N.W/c1-8(10)7-9-5-3-2-4-6-9;/h2-6,8,10H,7H2,1H3;/q-1;+2. The van der Waals surface area contributed by atoms with Gasteiger partial charge in [0.1, 0.15) is 0 Å². The van der Waals surface area contributed by atoms with Crippen molar-refractivity contribution in [3.63, 3.8) is 0 Å². The van der Waals surface area contributed by atoms with E-state index in [2.05, 4.69) is 12.1 Å². The van der Waals surface area contributed by atoms with Gasteiger partial charge in [-0.25, -0.2) is 0 Å². The fourth-order valence-corrected chi connectivity index (χ4v) is 0.968. The van der Waals surface area contributed by atoms with Crippen molar-refractivity contribution in [2.45, 2.75) is 19.4 Å². The third kappa shape index (κ3) is 4.34.